The van der Waals surface area contributed by atoms with E-state index in [2.05, 4.69) is 10.6 Å². The predicted molar refractivity (Wildman–Crippen MR) is 87.6 cm³/mol. The number of rotatable bonds is 6. The van der Waals surface area contributed by atoms with Crippen LogP contribution in [0.2, 0.25) is 0 Å². The van der Waals surface area contributed by atoms with Crippen molar-refractivity contribution in [2.45, 2.75) is 51.2 Å². The van der Waals surface area contributed by atoms with Gasteiger partial charge in [-0.1, -0.05) is 12.1 Å². The summed E-state index contributed by atoms with van der Waals surface area (Å²) in [5, 5.41) is 15.0. The summed E-state index contributed by atoms with van der Waals surface area (Å²) in [7, 11) is 0. The minimum absolute atomic E-state index is 0.0183. The van der Waals surface area contributed by atoms with Gasteiger partial charge >= 0.3 is 12.1 Å². The third kappa shape index (κ3) is 5.81. The normalized spacial score (nSPS) is 15.6. The molecule has 2 rings (SSSR count). The van der Waals surface area contributed by atoms with Crippen LogP contribution >= 0.6 is 0 Å². The van der Waals surface area contributed by atoms with E-state index in [-0.39, 0.29) is 12.0 Å². The molecular weight excluding hydrogens is 296 g/mol. The van der Waals surface area contributed by atoms with Crippen molar-refractivity contribution < 1.29 is 19.4 Å². The highest BCUT2D eigenvalue weighted by molar-refractivity contribution is 5.70. The first-order chi connectivity index (χ1) is 10.7. The van der Waals surface area contributed by atoms with E-state index in [0.717, 1.165) is 24.1 Å². The summed E-state index contributed by atoms with van der Waals surface area (Å²) in [4.78, 5) is 22.5. The Kier molecular flexibility index (Phi) is 4.82. The maximum atomic E-state index is 11.9. The monoisotopic (exact) mass is 320 g/mol. The van der Waals surface area contributed by atoms with E-state index >= 15 is 0 Å². The van der Waals surface area contributed by atoms with E-state index in [1.165, 1.54) is 0 Å². The van der Waals surface area contributed by atoms with Gasteiger partial charge in [0.05, 0.1) is 12.0 Å². The Morgan fingerprint density at radius 2 is 1.83 bits per heavy atom. The summed E-state index contributed by atoms with van der Waals surface area (Å²) in [6.45, 7) is 6.12. The van der Waals surface area contributed by atoms with Crippen molar-refractivity contribution in [3.63, 3.8) is 0 Å². The number of aliphatic carboxylic acids is 1. The van der Waals surface area contributed by atoms with E-state index in [4.69, 9.17) is 9.84 Å². The van der Waals surface area contributed by atoms with Gasteiger partial charge in [0.1, 0.15) is 5.60 Å². The minimum Gasteiger partial charge on any atom is -0.481 e. The molecule has 6 nitrogen and oxygen atoms in total. The third-order valence-corrected chi connectivity index (χ3v) is 3.56. The molecule has 6 heteroatoms. The molecular formula is C17H24N2O4. The molecule has 126 valence electrons. The van der Waals surface area contributed by atoms with Crippen LogP contribution in [-0.2, 0) is 16.0 Å². The summed E-state index contributed by atoms with van der Waals surface area (Å²) in [5.74, 6) is -0.843. The van der Waals surface area contributed by atoms with Gasteiger partial charge in [0.15, 0.2) is 0 Å². The lowest BCUT2D eigenvalue weighted by molar-refractivity contribution is -0.136. The number of carbonyl (C=O) groups excluding carboxylic acids is 1. The zero-order valence-electron chi connectivity index (χ0n) is 13.8. The van der Waals surface area contributed by atoms with Gasteiger partial charge in [0.2, 0.25) is 0 Å². The highest BCUT2D eigenvalue weighted by Crippen LogP contribution is 2.35. The van der Waals surface area contributed by atoms with Crippen LogP contribution in [-0.4, -0.2) is 34.9 Å². The first-order valence-electron chi connectivity index (χ1n) is 7.73. The predicted octanol–water partition coefficient (Wildman–Crippen LogP) is 2.78. The number of carbonyl (C=O) groups is 2. The molecule has 1 fully saturated rings. The Morgan fingerprint density at radius 1 is 1.22 bits per heavy atom. The van der Waals surface area contributed by atoms with Gasteiger partial charge in [-0.05, 0) is 51.3 Å². The van der Waals surface area contributed by atoms with Crippen molar-refractivity contribution in [3.05, 3.63) is 29.8 Å². The summed E-state index contributed by atoms with van der Waals surface area (Å²) in [5.41, 5.74) is 0.905. The number of anilines is 1. The molecule has 0 spiro atoms. The second-order valence-electron chi connectivity index (χ2n) is 7.03. The van der Waals surface area contributed by atoms with E-state index in [0.29, 0.717) is 6.54 Å². The molecule has 0 saturated heterocycles. The summed E-state index contributed by atoms with van der Waals surface area (Å²) < 4.78 is 5.28. The first kappa shape index (κ1) is 17.1. The molecule has 1 aliphatic carbocycles. The quantitative estimate of drug-likeness (QED) is 0.750. The van der Waals surface area contributed by atoms with Crippen molar-refractivity contribution in [1.29, 1.82) is 0 Å². The van der Waals surface area contributed by atoms with Crippen molar-refractivity contribution >= 4 is 17.7 Å². The molecule has 0 heterocycles. The van der Waals surface area contributed by atoms with Crippen molar-refractivity contribution in [2.24, 2.45) is 0 Å². The average Bonchev–Trinajstić information content (AvgIpc) is 3.15. The standard InChI is InChI=1S/C17H24N2O4/c1-16(2,3)23-15(22)19-17(8-9-17)11-18-13-6-4-12(5-7-13)10-14(20)21/h4-7,18H,8-11H2,1-3H3,(H,19,22)(H,20,21). The van der Waals surface area contributed by atoms with Crippen molar-refractivity contribution in [2.75, 3.05) is 11.9 Å². The molecule has 1 saturated carbocycles. The van der Waals surface area contributed by atoms with Crippen molar-refractivity contribution in [1.82, 2.24) is 5.32 Å². The average molecular weight is 320 g/mol. The Bertz CT molecular complexity index is 571. The molecule has 0 aliphatic heterocycles. The number of benzene rings is 1. The Morgan fingerprint density at radius 3 is 2.30 bits per heavy atom. The number of carboxylic acids is 1. The fourth-order valence-corrected chi connectivity index (χ4v) is 2.20. The second kappa shape index (κ2) is 6.48. The highest BCUT2D eigenvalue weighted by atomic mass is 16.6. The van der Waals surface area contributed by atoms with Crippen LogP contribution in [0.1, 0.15) is 39.2 Å². The van der Waals surface area contributed by atoms with Gasteiger partial charge < -0.3 is 20.5 Å². The van der Waals surface area contributed by atoms with Crippen LogP contribution in [0.15, 0.2) is 24.3 Å². The second-order valence-corrected chi connectivity index (χ2v) is 7.03. The molecule has 0 aromatic heterocycles. The SMILES string of the molecule is CC(C)(C)OC(=O)NC1(CNc2ccc(CC(=O)O)cc2)CC1. The lowest BCUT2D eigenvalue weighted by atomic mass is 10.1. The number of alkyl carbamates (subject to hydrolysis) is 1. The molecule has 1 aliphatic rings. The molecule has 3 N–H and O–H groups in total. The van der Waals surface area contributed by atoms with E-state index in [1.54, 1.807) is 12.1 Å². The lowest BCUT2D eigenvalue weighted by Crippen LogP contribution is -2.44. The van der Waals surface area contributed by atoms with Gasteiger partial charge in [0, 0.05) is 12.2 Å². The zero-order chi connectivity index (χ0) is 17.1. The summed E-state index contributed by atoms with van der Waals surface area (Å²) in [6, 6.07) is 7.28. The lowest BCUT2D eigenvalue weighted by Gasteiger charge is -2.24. The Balaban J connectivity index is 1.83. The van der Waals surface area contributed by atoms with Crippen LogP contribution in [0.4, 0.5) is 10.5 Å². The van der Waals surface area contributed by atoms with Gasteiger partial charge in [0.25, 0.3) is 0 Å². The molecule has 1 amide bonds. The summed E-state index contributed by atoms with van der Waals surface area (Å²) >= 11 is 0. The molecule has 1 aromatic rings. The largest absolute Gasteiger partial charge is 0.481 e. The highest BCUT2D eigenvalue weighted by Gasteiger charge is 2.44. The molecule has 0 unspecified atom stereocenters. The number of carboxylic acid groups (broad SMARTS) is 1. The molecule has 0 radical (unpaired) electrons. The Labute approximate surface area is 136 Å². The number of amides is 1. The first-order valence-corrected chi connectivity index (χ1v) is 7.73. The number of hydrogen-bond acceptors (Lipinski definition) is 4. The van der Waals surface area contributed by atoms with Gasteiger partial charge in [-0.2, -0.15) is 0 Å². The van der Waals surface area contributed by atoms with Gasteiger partial charge in [-0.15, -0.1) is 0 Å². The smallest absolute Gasteiger partial charge is 0.408 e. The summed E-state index contributed by atoms with van der Waals surface area (Å²) in [6.07, 6.45) is 1.45. The molecule has 0 atom stereocenters. The van der Waals surface area contributed by atoms with Crippen LogP contribution in [0.5, 0.6) is 0 Å². The number of ether oxygens (including phenoxy) is 1. The van der Waals surface area contributed by atoms with Crippen LogP contribution in [0, 0.1) is 0 Å². The van der Waals surface area contributed by atoms with Crippen LogP contribution in [0.3, 0.4) is 0 Å². The van der Waals surface area contributed by atoms with E-state index < -0.39 is 17.7 Å². The Hall–Kier alpha value is -2.24. The van der Waals surface area contributed by atoms with Crippen LogP contribution in [0.25, 0.3) is 0 Å². The maximum absolute atomic E-state index is 11.9. The fraction of sp³-hybridized carbons (Fsp3) is 0.529. The van der Waals surface area contributed by atoms with E-state index in [9.17, 15) is 9.59 Å². The molecule has 23 heavy (non-hydrogen) atoms. The van der Waals surface area contributed by atoms with Gasteiger partial charge in [-0.25, -0.2) is 4.79 Å². The number of hydrogen-bond donors (Lipinski definition) is 3. The maximum Gasteiger partial charge on any atom is 0.408 e. The third-order valence-electron chi connectivity index (χ3n) is 3.56. The topological polar surface area (TPSA) is 87.7 Å². The van der Waals surface area contributed by atoms with Gasteiger partial charge in [-0.3, -0.25) is 4.79 Å². The van der Waals surface area contributed by atoms with Crippen LogP contribution < -0.4 is 10.6 Å². The fourth-order valence-electron chi connectivity index (χ4n) is 2.20. The van der Waals surface area contributed by atoms with Crippen molar-refractivity contribution in [3.8, 4) is 0 Å². The zero-order valence-corrected chi connectivity index (χ0v) is 13.8. The molecule has 0 bridgehead atoms. The molecule has 1 aromatic carbocycles. The minimum atomic E-state index is -0.843. The van der Waals surface area contributed by atoms with E-state index in [1.807, 2.05) is 32.9 Å². The number of nitrogens with one attached hydrogen (secondary N) is 2.